The zero-order valence-electron chi connectivity index (χ0n) is 7.90. The molecule has 0 aliphatic carbocycles. The lowest BCUT2D eigenvalue weighted by molar-refractivity contribution is 0.547. The van der Waals surface area contributed by atoms with Crippen molar-refractivity contribution in [1.82, 2.24) is 5.32 Å². The van der Waals surface area contributed by atoms with Crippen molar-refractivity contribution < 1.29 is 0 Å². The molecule has 1 unspecified atom stereocenters. The number of nitrogens with zero attached hydrogens (tertiary/aromatic N) is 4. The van der Waals surface area contributed by atoms with Crippen molar-refractivity contribution in [3.63, 3.8) is 0 Å². The molecule has 5 heteroatoms. The topological polar surface area (TPSA) is 84.6 Å². The van der Waals surface area contributed by atoms with Crippen LogP contribution in [0.25, 0.3) is 10.4 Å². The summed E-state index contributed by atoms with van der Waals surface area (Å²) in [5, 5.41) is 15.1. The quantitative estimate of drug-likeness (QED) is 0.282. The van der Waals surface area contributed by atoms with Crippen LogP contribution in [0.15, 0.2) is 5.11 Å². The van der Waals surface area contributed by atoms with Crippen molar-refractivity contribution >= 4 is 0 Å². The van der Waals surface area contributed by atoms with Crippen molar-refractivity contribution in [2.75, 3.05) is 13.1 Å². The van der Waals surface area contributed by atoms with E-state index >= 15 is 0 Å². The highest BCUT2D eigenvalue weighted by molar-refractivity contribution is 4.89. The van der Waals surface area contributed by atoms with Crippen LogP contribution in [0, 0.1) is 11.3 Å². The van der Waals surface area contributed by atoms with Gasteiger partial charge in [0, 0.05) is 18.0 Å². The number of nitrogens with one attached hydrogen (secondary N) is 1. The van der Waals surface area contributed by atoms with Crippen molar-refractivity contribution in [3.8, 4) is 6.07 Å². The SMILES string of the molecule is CCCCC(C#N)NCCN=[N+]=[N-]. The predicted octanol–water partition coefficient (Wildman–Crippen LogP) is 1.97. The largest absolute Gasteiger partial charge is 0.302 e. The van der Waals surface area contributed by atoms with Gasteiger partial charge in [-0.1, -0.05) is 24.9 Å². The zero-order chi connectivity index (χ0) is 9.94. The first-order valence-corrected chi connectivity index (χ1v) is 4.49. The molecule has 0 radical (unpaired) electrons. The summed E-state index contributed by atoms with van der Waals surface area (Å²) >= 11 is 0. The first-order valence-electron chi connectivity index (χ1n) is 4.49. The maximum Gasteiger partial charge on any atom is 0.0952 e. The molecule has 1 N–H and O–H groups in total. The summed E-state index contributed by atoms with van der Waals surface area (Å²) in [6.07, 6.45) is 3.01. The van der Waals surface area contributed by atoms with Gasteiger partial charge >= 0.3 is 0 Å². The van der Waals surface area contributed by atoms with Crippen molar-refractivity contribution in [2.45, 2.75) is 32.2 Å². The average Bonchev–Trinajstić information content (AvgIpc) is 2.17. The number of azide groups is 1. The minimum atomic E-state index is -0.103. The molecule has 0 bridgehead atoms. The minimum Gasteiger partial charge on any atom is -0.302 e. The highest BCUT2D eigenvalue weighted by Crippen LogP contribution is 1.98. The highest BCUT2D eigenvalue weighted by Gasteiger charge is 2.03. The molecule has 0 heterocycles. The Morgan fingerprint density at radius 3 is 3.00 bits per heavy atom. The van der Waals surface area contributed by atoms with Crippen molar-refractivity contribution in [2.24, 2.45) is 5.11 Å². The van der Waals surface area contributed by atoms with E-state index in [0.29, 0.717) is 13.1 Å². The van der Waals surface area contributed by atoms with Crippen LogP contribution in [0.2, 0.25) is 0 Å². The van der Waals surface area contributed by atoms with Gasteiger partial charge in [0.1, 0.15) is 0 Å². The fraction of sp³-hybridized carbons (Fsp3) is 0.875. The van der Waals surface area contributed by atoms with E-state index in [1.54, 1.807) is 0 Å². The second kappa shape index (κ2) is 8.85. The van der Waals surface area contributed by atoms with Gasteiger partial charge in [-0.05, 0) is 12.0 Å². The van der Waals surface area contributed by atoms with Crippen LogP contribution < -0.4 is 5.32 Å². The number of rotatable bonds is 7. The Hall–Kier alpha value is -1.24. The van der Waals surface area contributed by atoms with E-state index in [1.807, 2.05) is 0 Å². The molecule has 72 valence electrons. The zero-order valence-corrected chi connectivity index (χ0v) is 7.90. The maximum atomic E-state index is 8.69. The standard InChI is InChI=1S/C8H15N5/c1-2-3-4-8(7-9)11-5-6-12-13-10/h8,11H,2-6H2,1H3. The average molecular weight is 181 g/mol. The molecule has 5 nitrogen and oxygen atoms in total. The lowest BCUT2D eigenvalue weighted by atomic mass is 10.1. The van der Waals surface area contributed by atoms with Crippen molar-refractivity contribution in [1.29, 1.82) is 5.26 Å². The molecule has 0 aliphatic rings. The molecule has 0 aromatic carbocycles. The third-order valence-electron chi connectivity index (χ3n) is 1.67. The molecular formula is C8H15N5. The molecule has 0 saturated heterocycles. The van der Waals surface area contributed by atoms with Crippen LogP contribution in [0.5, 0.6) is 0 Å². The van der Waals surface area contributed by atoms with E-state index in [1.165, 1.54) is 0 Å². The molecule has 0 spiro atoms. The Kier molecular flexibility index (Phi) is 8.01. The van der Waals surface area contributed by atoms with E-state index in [2.05, 4.69) is 28.3 Å². The molecular weight excluding hydrogens is 166 g/mol. The summed E-state index contributed by atoms with van der Waals surface area (Å²) in [4.78, 5) is 2.62. The second-order valence-electron chi connectivity index (χ2n) is 2.73. The molecule has 0 fully saturated rings. The van der Waals surface area contributed by atoms with E-state index in [9.17, 15) is 0 Å². The van der Waals surface area contributed by atoms with Crippen LogP contribution in [-0.4, -0.2) is 19.1 Å². The lowest BCUT2D eigenvalue weighted by Gasteiger charge is -2.08. The van der Waals surface area contributed by atoms with Gasteiger partial charge in [0.25, 0.3) is 0 Å². The maximum absolute atomic E-state index is 8.69. The Bertz CT molecular complexity index is 201. The van der Waals surface area contributed by atoms with Crippen molar-refractivity contribution in [3.05, 3.63) is 10.4 Å². The number of hydrogen-bond acceptors (Lipinski definition) is 3. The number of unbranched alkanes of at least 4 members (excludes halogenated alkanes) is 1. The Labute approximate surface area is 78.4 Å². The van der Waals surface area contributed by atoms with Gasteiger partial charge in [0.15, 0.2) is 0 Å². The smallest absolute Gasteiger partial charge is 0.0952 e. The lowest BCUT2D eigenvalue weighted by Crippen LogP contribution is -2.29. The van der Waals surface area contributed by atoms with E-state index in [4.69, 9.17) is 10.8 Å². The molecule has 1 atom stereocenters. The van der Waals surface area contributed by atoms with Gasteiger partial charge in [-0.3, -0.25) is 0 Å². The summed E-state index contributed by atoms with van der Waals surface area (Å²) in [5.41, 5.74) is 8.00. The van der Waals surface area contributed by atoms with Crippen LogP contribution in [0.3, 0.4) is 0 Å². The Morgan fingerprint density at radius 1 is 1.69 bits per heavy atom. The summed E-state index contributed by atoms with van der Waals surface area (Å²) in [7, 11) is 0. The molecule has 0 rings (SSSR count). The fourth-order valence-corrected chi connectivity index (χ4v) is 0.954. The summed E-state index contributed by atoms with van der Waals surface area (Å²) in [6.45, 7) is 3.07. The summed E-state index contributed by atoms with van der Waals surface area (Å²) in [5.74, 6) is 0. The number of nitriles is 1. The highest BCUT2D eigenvalue weighted by atomic mass is 15.1. The van der Waals surface area contributed by atoms with Gasteiger partial charge in [0.2, 0.25) is 0 Å². The first kappa shape index (κ1) is 11.8. The molecule has 0 aromatic heterocycles. The fourth-order valence-electron chi connectivity index (χ4n) is 0.954. The van der Waals surface area contributed by atoms with Gasteiger partial charge < -0.3 is 5.32 Å². The van der Waals surface area contributed by atoms with Crippen LogP contribution in [-0.2, 0) is 0 Å². The Balaban J connectivity index is 3.48. The van der Waals surface area contributed by atoms with Gasteiger partial charge in [0.05, 0.1) is 12.1 Å². The van der Waals surface area contributed by atoms with Gasteiger partial charge in [-0.25, -0.2) is 0 Å². The first-order chi connectivity index (χ1) is 6.35. The minimum absolute atomic E-state index is 0.103. The molecule has 0 aliphatic heterocycles. The molecule has 0 aromatic rings. The normalized spacial score (nSPS) is 11.4. The monoisotopic (exact) mass is 181 g/mol. The molecule has 13 heavy (non-hydrogen) atoms. The van der Waals surface area contributed by atoms with Gasteiger partial charge in [-0.2, -0.15) is 5.26 Å². The molecule has 0 saturated carbocycles. The van der Waals surface area contributed by atoms with E-state index in [0.717, 1.165) is 19.3 Å². The molecule has 0 amide bonds. The predicted molar refractivity (Wildman–Crippen MR) is 50.9 cm³/mol. The summed E-state index contributed by atoms with van der Waals surface area (Å²) in [6, 6.07) is 2.06. The van der Waals surface area contributed by atoms with E-state index in [-0.39, 0.29) is 6.04 Å². The van der Waals surface area contributed by atoms with Crippen LogP contribution in [0.1, 0.15) is 26.2 Å². The number of hydrogen-bond donors (Lipinski definition) is 1. The van der Waals surface area contributed by atoms with Crippen LogP contribution >= 0.6 is 0 Å². The Morgan fingerprint density at radius 2 is 2.46 bits per heavy atom. The second-order valence-corrected chi connectivity index (χ2v) is 2.73. The summed E-state index contributed by atoms with van der Waals surface area (Å²) < 4.78 is 0. The van der Waals surface area contributed by atoms with Gasteiger partial charge in [-0.15, -0.1) is 0 Å². The van der Waals surface area contributed by atoms with E-state index < -0.39 is 0 Å². The third kappa shape index (κ3) is 7.13. The van der Waals surface area contributed by atoms with Crippen LogP contribution in [0.4, 0.5) is 0 Å². The third-order valence-corrected chi connectivity index (χ3v) is 1.67.